The van der Waals surface area contributed by atoms with Crippen LogP contribution in [0.2, 0.25) is 0 Å². The third-order valence-electron chi connectivity index (χ3n) is 6.09. The molecule has 0 aliphatic heterocycles. The molecule has 0 radical (unpaired) electrons. The van der Waals surface area contributed by atoms with E-state index in [-0.39, 0.29) is 5.78 Å². The molecule has 2 heterocycles. The summed E-state index contributed by atoms with van der Waals surface area (Å²) in [5.41, 5.74) is 4.85. The van der Waals surface area contributed by atoms with Gasteiger partial charge in [0.2, 0.25) is 5.78 Å². The summed E-state index contributed by atoms with van der Waals surface area (Å²) in [7, 11) is 1.61. The number of thiophene rings is 1. The number of carbonyl (C=O) groups excluding carboxylic acids is 2. The van der Waals surface area contributed by atoms with E-state index in [0.29, 0.717) is 16.2 Å². The van der Waals surface area contributed by atoms with E-state index in [2.05, 4.69) is 16.6 Å². The highest BCUT2D eigenvalue weighted by molar-refractivity contribution is 7.12. The highest BCUT2D eigenvalue weighted by Gasteiger charge is 2.17. The Balaban J connectivity index is 1.69. The third kappa shape index (κ3) is 4.29. The van der Waals surface area contributed by atoms with E-state index < -0.39 is 5.97 Å². The summed E-state index contributed by atoms with van der Waals surface area (Å²) in [5, 5.41) is 8.06. The zero-order valence-electron chi connectivity index (χ0n) is 20.1. The number of ether oxygens (including phenoxy) is 1. The van der Waals surface area contributed by atoms with Gasteiger partial charge < -0.3 is 14.1 Å². The van der Waals surface area contributed by atoms with Gasteiger partial charge in [0.25, 0.3) is 0 Å². The molecule has 7 heteroatoms. The van der Waals surface area contributed by atoms with Crippen molar-refractivity contribution in [1.29, 1.82) is 0 Å². The number of methoxy groups -OCH3 is 1. The molecule has 180 valence electrons. The lowest BCUT2D eigenvalue weighted by molar-refractivity contribution is -0.140. The van der Waals surface area contributed by atoms with Crippen LogP contribution in [0.3, 0.4) is 0 Å². The smallest absolute Gasteiger partial charge is 0.332 e. The number of carbonyl (C=O) groups is 2. The van der Waals surface area contributed by atoms with Crippen molar-refractivity contribution in [3.63, 3.8) is 0 Å². The van der Waals surface area contributed by atoms with Gasteiger partial charge in [-0.3, -0.25) is 4.79 Å². The lowest BCUT2D eigenvalue weighted by Gasteiger charge is -2.09. The molecule has 0 aliphatic carbocycles. The lowest BCUT2D eigenvalue weighted by Crippen LogP contribution is -2.06. The van der Waals surface area contributed by atoms with Gasteiger partial charge in [0.1, 0.15) is 11.5 Å². The molecule has 0 aliphatic rings. The Kier molecular flexibility index (Phi) is 6.40. The molecule has 6 nitrogen and oxygen atoms in total. The Labute approximate surface area is 212 Å². The summed E-state index contributed by atoms with van der Waals surface area (Å²) in [6.07, 6.45) is 0. The van der Waals surface area contributed by atoms with Crippen LogP contribution in [0.15, 0.2) is 83.3 Å². The van der Waals surface area contributed by atoms with Crippen LogP contribution in [0.25, 0.3) is 21.8 Å². The van der Waals surface area contributed by atoms with Gasteiger partial charge in [-0.25, -0.2) is 4.79 Å². The molecule has 0 saturated heterocycles. The normalized spacial score (nSPS) is 11.7. The van der Waals surface area contributed by atoms with Gasteiger partial charge in [0, 0.05) is 52.0 Å². The summed E-state index contributed by atoms with van der Waals surface area (Å²) < 4.78 is 7.50. The SMILES string of the molecule is CCn1c2ccc(C(=O)c3cccs3)cc2c2cc(C(=NOC(C)=O)c3ccc(OC)cc3)ccc21. The van der Waals surface area contributed by atoms with Crippen LogP contribution < -0.4 is 4.74 Å². The Bertz CT molecular complexity index is 1610. The van der Waals surface area contributed by atoms with E-state index in [1.54, 1.807) is 7.11 Å². The minimum Gasteiger partial charge on any atom is -0.497 e. The van der Waals surface area contributed by atoms with Gasteiger partial charge in [0.15, 0.2) is 0 Å². The molecule has 0 unspecified atom stereocenters. The van der Waals surface area contributed by atoms with Gasteiger partial charge in [-0.1, -0.05) is 17.3 Å². The molecule has 0 amide bonds. The Morgan fingerprint density at radius 1 is 0.889 bits per heavy atom. The summed E-state index contributed by atoms with van der Waals surface area (Å²) in [5.74, 6) is 0.229. The number of hydrogen-bond acceptors (Lipinski definition) is 6. The Hall–Kier alpha value is -4.23. The van der Waals surface area contributed by atoms with Gasteiger partial charge >= 0.3 is 5.97 Å². The van der Waals surface area contributed by atoms with Crippen LogP contribution in [0, 0.1) is 0 Å². The molecule has 0 spiro atoms. The maximum Gasteiger partial charge on any atom is 0.332 e. The zero-order chi connectivity index (χ0) is 25.2. The van der Waals surface area contributed by atoms with Crippen LogP contribution in [-0.4, -0.2) is 29.1 Å². The summed E-state index contributed by atoms with van der Waals surface area (Å²) >= 11 is 1.44. The first-order chi connectivity index (χ1) is 17.5. The van der Waals surface area contributed by atoms with Gasteiger partial charge in [0.05, 0.1) is 12.0 Å². The molecule has 0 atom stereocenters. The van der Waals surface area contributed by atoms with Crippen molar-refractivity contribution in [2.45, 2.75) is 20.4 Å². The van der Waals surface area contributed by atoms with Crippen LogP contribution in [0.1, 0.15) is 40.2 Å². The number of ketones is 1. The molecule has 0 bridgehead atoms. The summed E-state index contributed by atoms with van der Waals surface area (Å²) in [4.78, 5) is 30.4. The van der Waals surface area contributed by atoms with Crippen molar-refractivity contribution in [3.8, 4) is 5.75 Å². The molecular formula is C29H24N2O4S. The number of rotatable bonds is 7. The van der Waals surface area contributed by atoms with Crippen LogP contribution in [-0.2, 0) is 16.2 Å². The quantitative estimate of drug-likeness (QED) is 0.113. The second kappa shape index (κ2) is 9.79. The Morgan fingerprint density at radius 3 is 2.11 bits per heavy atom. The molecule has 5 aromatic rings. The van der Waals surface area contributed by atoms with Gasteiger partial charge in [-0.05, 0) is 73.0 Å². The largest absolute Gasteiger partial charge is 0.497 e. The van der Waals surface area contributed by atoms with E-state index in [1.165, 1.54) is 18.3 Å². The van der Waals surface area contributed by atoms with Crippen LogP contribution >= 0.6 is 11.3 Å². The van der Waals surface area contributed by atoms with E-state index in [0.717, 1.165) is 45.2 Å². The molecule has 36 heavy (non-hydrogen) atoms. The molecule has 0 N–H and O–H groups in total. The maximum absolute atomic E-state index is 13.1. The fourth-order valence-electron chi connectivity index (χ4n) is 4.41. The third-order valence-corrected chi connectivity index (χ3v) is 6.96. The van der Waals surface area contributed by atoms with Crippen molar-refractivity contribution in [1.82, 2.24) is 4.57 Å². The highest BCUT2D eigenvalue weighted by Crippen LogP contribution is 2.32. The average Bonchev–Trinajstić information content (AvgIpc) is 3.54. The molecule has 0 fully saturated rings. The van der Waals surface area contributed by atoms with E-state index in [9.17, 15) is 9.59 Å². The standard InChI is InChI=1S/C29H24N2O4S/c1-4-31-25-13-9-20(28(30-35-18(2)32)19-7-11-22(34-3)12-8-19)16-23(25)24-17-21(10-14-26(24)31)29(33)27-6-5-15-36-27/h5-17H,4H2,1-3H3. The van der Waals surface area contributed by atoms with E-state index in [1.807, 2.05) is 78.2 Å². The zero-order valence-corrected chi connectivity index (χ0v) is 21.0. The molecular weight excluding hydrogens is 472 g/mol. The number of nitrogens with zero attached hydrogens (tertiary/aromatic N) is 2. The molecule has 5 rings (SSSR count). The van der Waals surface area contributed by atoms with Crippen molar-refractivity contribution >= 4 is 50.6 Å². The van der Waals surface area contributed by atoms with E-state index >= 15 is 0 Å². The number of oxime groups is 1. The van der Waals surface area contributed by atoms with Crippen molar-refractivity contribution in [2.24, 2.45) is 5.16 Å². The molecule has 2 aromatic heterocycles. The topological polar surface area (TPSA) is 69.9 Å². The fraction of sp³-hybridized carbons (Fsp3) is 0.138. The Morgan fingerprint density at radius 2 is 1.53 bits per heavy atom. The monoisotopic (exact) mass is 496 g/mol. The predicted octanol–water partition coefficient (Wildman–Crippen LogP) is 6.43. The summed E-state index contributed by atoms with van der Waals surface area (Å²) in [6.45, 7) is 4.20. The second-order valence-electron chi connectivity index (χ2n) is 8.27. The summed E-state index contributed by atoms with van der Waals surface area (Å²) in [6, 6.07) is 23.1. The predicted molar refractivity (Wildman–Crippen MR) is 143 cm³/mol. The number of aryl methyl sites for hydroxylation is 1. The lowest BCUT2D eigenvalue weighted by atomic mass is 9.99. The van der Waals surface area contributed by atoms with Crippen molar-refractivity contribution < 1.29 is 19.2 Å². The minimum atomic E-state index is -0.499. The van der Waals surface area contributed by atoms with Crippen molar-refractivity contribution in [3.05, 3.63) is 99.7 Å². The number of hydrogen-bond donors (Lipinski definition) is 0. The van der Waals surface area contributed by atoms with Crippen LogP contribution in [0.4, 0.5) is 0 Å². The number of fused-ring (bicyclic) bond motifs is 3. The number of benzene rings is 3. The van der Waals surface area contributed by atoms with Gasteiger partial charge in [-0.15, -0.1) is 11.3 Å². The van der Waals surface area contributed by atoms with Gasteiger partial charge in [-0.2, -0.15) is 0 Å². The number of aromatic nitrogens is 1. The van der Waals surface area contributed by atoms with Crippen LogP contribution in [0.5, 0.6) is 5.75 Å². The first-order valence-electron chi connectivity index (χ1n) is 11.5. The van der Waals surface area contributed by atoms with Crippen molar-refractivity contribution in [2.75, 3.05) is 7.11 Å². The maximum atomic E-state index is 13.1. The molecule has 3 aromatic carbocycles. The first kappa shape index (κ1) is 23.5. The second-order valence-corrected chi connectivity index (χ2v) is 9.21. The minimum absolute atomic E-state index is 0.01000. The fourth-order valence-corrected chi connectivity index (χ4v) is 5.10. The average molecular weight is 497 g/mol. The highest BCUT2D eigenvalue weighted by atomic mass is 32.1. The van der Waals surface area contributed by atoms with E-state index in [4.69, 9.17) is 9.57 Å². The molecule has 0 saturated carbocycles. The first-order valence-corrected chi connectivity index (χ1v) is 12.4.